The number of nitrogens with one attached hydrogen (secondary N) is 1. The Hall–Kier alpha value is -2.15. The number of ether oxygens (including phenoxy) is 1. The molecule has 2 atom stereocenters. The largest absolute Gasteiger partial charge is 0.376 e. The number of carbonyl (C=O) groups is 1. The van der Waals surface area contributed by atoms with Crippen molar-refractivity contribution in [1.82, 2.24) is 15.1 Å². The molecule has 1 amide bonds. The molecule has 7 heteroatoms. The smallest absolute Gasteiger partial charge is 0.273 e. The van der Waals surface area contributed by atoms with Crippen molar-refractivity contribution in [3.05, 3.63) is 62.9 Å². The maximum Gasteiger partial charge on any atom is 0.273 e. The maximum atomic E-state index is 13.2. The van der Waals surface area contributed by atoms with Crippen LogP contribution in [0.25, 0.3) is 11.3 Å². The SMILES string of the molecule is O=C1c2[nH]nc(-c3ccc(Cl)cc3)c2C(c2cccs2)N1CC1CCCO1. The predicted octanol–water partition coefficient (Wildman–Crippen LogP) is 4.52. The highest BCUT2D eigenvalue weighted by Crippen LogP contribution is 2.44. The average molecular weight is 400 g/mol. The second kappa shape index (κ2) is 6.78. The number of rotatable bonds is 4. The number of H-pyrrole nitrogens is 1. The number of benzene rings is 1. The second-order valence-corrected chi connectivity index (χ2v) is 8.29. The zero-order valence-corrected chi connectivity index (χ0v) is 16.1. The van der Waals surface area contributed by atoms with Gasteiger partial charge in [0.2, 0.25) is 0 Å². The second-order valence-electron chi connectivity index (χ2n) is 6.88. The molecule has 3 aromatic rings. The molecule has 1 aromatic carbocycles. The molecule has 1 N–H and O–H groups in total. The molecule has 2 unspecified atom stereocenters. The van der Waals surface area contributed by atoms with E-state index >= 15 is 0 Å². The van der Waals surface area contributed by atoms with Crippen molar-refractivity contribution >= 4 is 28.8 Å². The van der Waals surface area contributed by atoms with E-state index in [0.29, 0.717) is 17.3 Å². The van der Waals surface area contributed by atoms with Gasteiger partial charge in [0.25, 0.3) is 5.91 Å². The molecule has 4 heterocycles. The Kier molecular flexibility index (Phi) is 4.27. The average Bonchev–Trinajstić information content (AvgIpc) is 3.45. The number of fused-ring (bicyclic) bond motifs is 1. The molecule has 1 saturated heterocycles. The number of hydrogen-bond donors (Lipinski definition) is 1. The van der Waals surface area contributed by atoms with Gasteiger partial charge in [-0.05, 0) is 36.4 Å². The van der Waals surface area contributed by atoms with Crippen molar-refractivity contribution in [2.24, 2.45) is 0 Å². The summed E-state index contributed by atoms with van der Waals surface area (Å²) in [4.78, 5) is 16.2. The third kappa shape index (κ3) is 2.88. The zero-order valence-electron chi connectivity index (χ0n) is 14.5. The van der Waals surface area contributed by atoms with Crippen LogP contribution in [0.15, 0.2) is 41.8 Å². The summed E-state index contributed by atoms with van der Waals surface area (Å²) in [6.07, 6.45) is 2.16. The van der Waals surface area contributed by atoms with Crippen LogP contribution in [0.1, 0.15) is 39.8 Å². The van der Waals surface area contributed by atoms with Crippen molar-refractivity contribution in [3.63, 3.8) is 0 Å². The van der Waals surface area contributed by atoms with Gasteiger partial charge in [-0.1, -0.05) is 29.8 Å². The van der Waals surface area contributed by atoms with Gasteiger partial charge in [0.1, 0.15) is 5.69 Å². The van der Waals surface area contributed by atoms with Gasteiger partial charge in [-0.25, -0.2) is 0 Å². The Morgan fingerprint density at radius 1 is 1.30 bits per heavy atom. The van der Waals surface area contributed by atoms with E-state index in [1.807, 2.05) is 40.6 Å². The maximum absolute atomic E-state index is 13.2. The number of amides is 1. The molecule has 0 spiro atoms. The van der Waals surface area contributed by atoms with Crippen molar-refractivity contribution in [2.45, 2.75) is 25.0 Å². The first kappa shape index (κ1) is 17.0. The Labute approximate surface area is 165 Å². The third-order valence-corrected chi connectivity index (χ3v) is 6.40. The highest BCUT2D eigenvalue weighted by Gasteiger charge is 2.43. The number of carbonyl (C=O) groups excluding carboxylic acids is 1. The molecule has 5 nitrogen and oxygen atoms in total. The van der Waals surface area contributed by atoms with Crippen molar-refractivity contribution in [2.75, 3.05) is 13.2 Å². The number of halogens is 1. The molecule has 2 aliphatic rings. The number of thiophene rings is 1. The molecular formula is C20H18ClN3O2S. The predicted molar refractivity (Wildman–Crippen MR) is 105 cm³/mol. The highest BCUT2D eigenvalue weighted by atomic mass is 35.5. The molecule has 2 aromatic heterocycles. The minimum atomic E-state index is -0.138. The van der Waals surface area contributed by atoms with Crippen LogP contribution < -0.4 is 0 Å². The van der Waals surface area contributed by atoms with Crippen LogP contribution in [0.3, 0.4) is 0 Å². The van der Waals surface area contributed by atoms with E-state index in [4.69, 9.17) is 16.3 Å². The summed E-state index contributed by atoms with van der Waals surface area (Å²) < 4.78 is 5.80. The quantitative estimate of drug-likeness (QED) is 0.701. The van der Waals surface area contributed by atoms with E-state index in [-0.39, 0.29) is 18.1 Å². The van der Waals surface area contributed by atoms with Gasteiger partial charge in [-0.2, -0.15) is 5.10 Å². The van der Waals surface area contributed by atoms with Gasteiger partial charge >= 0.3 is 0 Å². The summed E-state index contributed by atoms with van der Waals surface area (Å²) in [5.41, 5.74) is 3.28. The summed E-state index contributed by atoms with van der Waals surface area (Å²) in [7, 11) is 0. The minimum Gasteiger partial charge on any atom is -0.376 e. The Balaban J connectivity index is 1.59. The normalized spacial score (nSPS) is 21.8. The van der Waals surface area contributed by atoms with E-state index in [9.17, 15) is 4.79 Å². The first-order valence-corrected chi connectivity index (χ1v) is 10.3. The first-order chi connectivity index (χ1) is 13.2. The first-order valence-electron chi connectivity index (χ1n) is 9.02. The Bertz CT molecular complexity index is 962. The highest BCUT2D eigenvalue weighted by molar-refractivity contribution is 7.10. The third-order valence-electron chi connectivity index (χ3n) is 5.22. The van der Waals surface area contributed by atoms with Gasteiger partial charge in [0, 0.05) is 34.2 Å². The fourth-order valence-electron chi connectivity index (χ4n) is 3.96. The Morgan fingerprint density at radius 3 is 2.85 bits per heavy atom. The minimum absolute atomic E-state index is 0.00777. The van der Waals surface area contributed by atoms with Crippen LogP contribution in [0.2, 0.25) is 5.02 Å². The van der Waals surface area contributed by atoms with Gasteiger partial charge < -0.3 is 9.64 Å². The fourth-order valence-corrected chi connectivity index (χ4v) is 4.93. The van der Waals surface area contributed by atoms with Gasteiger partial charge in [0.05, 0.1) is 17.8 Å². The summed E-state index contributed by atoms with van der Waals surface area (Å²) in [6.45, 7) is 1.38. The molecule has 0 aliphatic carbocycles. The standard InChI is InChI=1S/C20H18ClN3O2S/c21-13-7-5-12(6-8-13)17-16-18(23-22-17)20(25)24(11-14-3-1-9-26-14)19(16)15-4-2-10-27-15/h2,4-8,10,14,19H,1,3,9,11H2,(H,22,23). The topological polar surface area (TPSA) is 58.2 Å². The number of hydrogen-bond acceptors (Lipinski definition) is 4. The number of aromatic amines is 1. The molecule has 0 radical (unpaired) electrons. The van der Waals surface area contributed by atoms with E-state index in [1.54, 1.807) is 11.3 Å². The Morgan fingerprint density at radius 2 is 2.15 bits per heavy atom. The van der Waals surface area contributed by atoms with Gasteiger partial charge in [-0.15, -0.1) is 11.3 Å². The van der Waals surface area contributed by atoms with E-state index in [0.717, 1.165) is 41.1 Å². The van der Waals surface area contributed by atoms with Gasteiger partial charge in [0.15, 0.2) is 0 Å². The van der Waals surface area contributed by atoms with Crippen LogP contribution in [0, 0.1) is 0 Å². The summed E-state index contributed by atoms with van der Waals surface area (Å²) in [5, 5.41) is 10.2. The van der Waals surface area contributed by atoms with E-state index in [1.165, 1.54) is 0 Å². The molecule has 0 bridgehead atoms. The molecule has 1 fully saturated rings. The van der Waals surface area contributed by atoms with Gasteiger partial charge in [-0.3, -0.25) is 9.89 Å². The van der Waals surface area contributed by atoms with Crippen LogP contribution in [-0.2, 0) is 4.74 Å². The van der Waals surface area contributed by atoms with E-state index < -0.39 is 0 Å². The summed E-state index contributed by atoms with van der Waals surface area (Å²) in [6, 6.07) is 11.5. The number of nitrogens with zero attached hydrogens (tertiary/aromatic N) is 2. The van der Waals surface area contributed by atoms with Crippen LogP contribution in [0.4, 0.5) is 0 Å². The fraction of sp³-hybridized carbons (Fsp3) is 0.300. The van der Waals surface area contributed by atoms with Crippen LogP contribution >= 0.6 is 22.9 Å². The molecule has 0 saturated carbocycles. The van der Waals surface area contributed by atoms with E-state index in [2.05, 4.69) is 16.3 Å². The molecule has 2 aliphatic heterocycles. The molecule has 27 heavy (non-hydrogen) atoms. The molecule has 5 rings (SSSR count). The van der Waals surface area contributed by atoms with Crippen LogP contribution in [-0.4, -0.2) is 40.3 Å². The van der Waals surface area contributed by atoms with Crippen molar-refractivity contribution in [3.8, 4) is 11.3 Å². The summed E-state index contributed by atoms with van der Waals surface area (Å²) in [5.74, 6) is -0.00777. The number of aromatic nitrogens is 2. The molecular weight excluding hydrogens is 382 g/mol. The van der Waals surface area contributed by atoms with Crippen LogP contribution in [0.5, 0.6) is 0 Å². The molecule has 138 valence electrons. The van der Waals surface area contributed by atoms with Crippen molar-refractivity contribution in [1.29, 1.82) is 0 Å². The monoisotopic (exact) mass is 399 g/mol. The lowest BCUT2D eigenvalue weighted by Gasteiger charge is -2.27. The summed E-state index contributed by atoms with van der Waals surface area (Å²) >= 11 is 7.70. The van der Waals surface area contributed by atoms with Crippen molar-refractivity contribution < 1.29 is 9.53 Å². The lowest BCUT2D eigenvalue weighted by atomic mass is 10.0. The lowest BCUT2D eigenvalue weighted by Crippen LogP contribution is -2.36. The lowest BCUT2D eigenvalue weighted by molar-refractivity contribution is 0.0498. The zero-order chi connectivity index (χ0) is 18.4.